The summed E-state index contributed by atoms with van der Waals surface area (Å²) < 4.78 is 18.0. The zero-order chi connectivity index (χ0) is 14.8. The molecular weight excluding hydrogens is 257 g/mol. The van der Waals surface area contributed by atoms with Gasteiger partial charge in [0.05, 0.1) is 12.7 Å². The number of benzene rings is 1. The van der Waals surface area contributed by atoms with Gasteiger partial charge in [0.2, 0.25) is 0 Å². The molecule has 1 rings (SSSR count). The van der Waals surface area contributed by atoms with Crippen LogP contribution in [0.2, 0.25) is 0 Å². The monoisotopic (exact) mass is 281 g/mol. The van der Waals surface area contributed by atoms with E-state index in [0.717, 1.165) is 18.5 Å². The first-order valence-corrected chi connectivity index (χ1v) is 6.90. The van der Waals surface area contributed by atoms with Crippen LogP contribution in [0.4, 0.5) is 4.39 Å². The molecule has 0 heterocycles. The van der Waals surface area contributed by atoms with Gasteiger partial charge in [-0.3, -0.25) is 4.90 Å². The predicted molar refractivity (Wildman–Crippen MR) is 79.0 cm³/mol. The van der Waals surface area contributed by atoms with Gasteiger partial charge in [-0.15, -0.1) is 6.58 Å². The summed E-state index contributed by atoms with van der Waals surface area (Å²) in [6.45, 7) is 6.25. The minimum atomic E-state index is -0.384. The number of hydrogen-bond acceptors (Lipinski definition) is 3. The Bertz CT molecular complexity index is 381. The first kappa shape index (κ1) is 16.8. The summed E-state index contributed by atoms with van der Waals surface area (Å²) in [4.78, 5) is 2.12. The van der Waals surface area contributed by atoms with Crippen LogP contribution in [0.3, 0.4) is 0 Å². The fourth-order valence-electron chi connectivity index (χ4n) is 2.00. The largest absolute Gasteiger partial charge is 0.392 e. The lowest BCUT2D eigenvalue weighted by molar-refractivity contribution is 0.0809. The van der Waals surface area contributed by atoms with Crippen molar-refractivity contribution in [1.29, 1.82) is 0 Å². The van der Waals surface area contributed by atoms with Crippen LogP contribution in [-0.2, 0) is 11.3 Å². The highest BCUT2D eigenvalue weighted by Crippen LogP contribution is 2.09. The molecule has 1 atom stereocenters. The standard InChI is InChI=1S/C16H24FNO2/c1-3-4-5-16(19)13-18(10-11-20-2)12-14-6-8-15(17)9-7-14/h3,6-9,16,19H,1,4-5,10-13H2,2H3/t16-/m0/s1. The van der Waals surface area contributed by atoms with Crippen LogP contribution in [0.15, 0.2) is 36.9 Å². The van der Waals surface area contributed by atoms with E-state index >= 15 is 0 Å². The van der Waals surface area contributed by atoms with E-state index in [1.165, 1.54) is 12.1 Å². The molecule has 20 heavy (non-hydrogen) atoms. The van der Waals surface area contributed by atoms with E-state index in [-0.39, 0.29) is 11.9 Å². The second-order valence-corrected chi connectivity index (χ2v) is 4.87. The normalized spacial score (nSPS) is 12.6. The number of methoxy groups -OCH3 is 1. The highest BCUT2D eigenvalue weighted by Gasteiger charge is 2.11. The summed E-state index contributed by atoms with van der Waals surface area (Å²) in [5.41, 5.74) is 1.03. The van der Waals surface area contributed by atoms with E-state index in [9.17, 15) is 9.50 Å². The lowest BCUT2D eigenvalue weighted by Gasteiger charge is -2.24. The van der Waals surface area contributed by atoms with Crippen molar-refractivity contribution in [1.82, 2.24) is 4.90 Å². The number of hydrogen-bond donors (Lipinski definition) is 1. The number of aliphatic hydroxyl groups excluding tert-OH is 1. The van der Waals surface area contributed by atoms with Gasteiger partial charge in [-0.1, -0.05) is 18.2 Å². The Balaban J connectivity index is 2.53. The third kappa shape index (κ3) is 6.80. The number of ether oxygens (including phenoxy) is 1. The van der Waals surface area contributed by atoms with Gasteiger partial charge in [0, 0.05) is 26.7 Å². The molecule has 0 radical (unpaired) electrons. The molecule has 1 N–H and O–H groups in total. The molecule has 1 aromatic carbocycles. The molecule has 4 heteroatoms. The molecule has 0 saturated heterocycles. The second-order valence-electron chi connectivity index (χ2n) is 4.87. The number of nitrogens with zero attached hydrogens (tertiary/aromatic N) is 1. The Kier molecular flexibility index (Phi) is 8.11. The van der Waals surface area contributed by atoms with Crippen molar-refractivity contribution in [2.75, 3.05) is 26.8 Å². The van der Waals surface area contributed by atoms with E-state index in [1.807, 2.05) is 6.08 Å². The molecule has 0 aromatic heterocycles. The van der Waals surface area contributed by atoms with Crippen molar-refractivity contribution in [3.05, 3.63) is 48.3 Å². The van der Waals surface area contributed by atoms with Gasteiger partial charge in [0.1, 0.15) is 5.82 Å². The lowest BCUT2D eigenvalue weighted by Crippen LogP contribution is -2.34. The molecule has 0 fully saturated rings. The van der Waals surface area contributed by atoms with Gasteiger partial charge in [-0.25, -0.2) is 4.39 Å². The molecule has 3 nitrogen and oxygen atoms in total. The van der Waals surface area contributed by atoms with E-state index in [4.69, 9.17) is 4.74 Å². The van der Waals surface area contributed by atoms with Crippen molar-refractivity contribution >= 4 is 0 Å². The van der Waals surface area contributed by atoms with Crippen LogP contribution in [-0.4, -0.2) is 42.9 Å². The Morgan fingerprint density at radius 1 is 1.40 bits per heavy atom. The van der Waals surface area contributed by atoms with E-state index in [2.05, 4.69) is 11.5 Å². The van der Waals surface area contributed by atoms with Crippen LogP contribution >= 0.6 is 0 Å². The molecular formula is C16H24FNO2. The maximum absolute atomic E-state index is 12.9. The van der Waals surface area contributed by atoms with Gasteiger partial charge < -0.3 is 9.84 Å². The molecule has 0 unspecified atom stereocenters. The third-order valence-electron chi connectivity index (χ3n) is 3.10. The fourth-order valence-corrected chi connectivity index (χ4v) is 2.00. The molecule has 0 bridgehead atoms. The maximum atomic E-state index is 12.9. The summed E-state index contributed by atoms with van der Waals surface area (Å²) in [5.74, 6) is -0.233. The van der Waals surface area contributed by atoms with Crippen LogP contribution in [0.25, 0.3) is 0 Å². The molecule has 0 aliphatic carbocycles. The van der Waals surface area contributed by atoms with Crippen molar-refractivity contribution in [3.8, 4) is 0 Å². The predicted octanol–water partition coefficient (Wildman–Crippen LogP) is 2.60. The Morgan fingerprint density at radius 2 is 2.10 bits per heavy atom. The maximum Gasteiger partial charge on any atom is 0.123 e. The first-order chi connectivity index (χ1) is 9.65. The first-order valence-electron chi connectivity index (χ1n) is 6.90. The Hall–Kier alpha value is -1.23. The number of aliphatic hydroxyl groups is 1. The topological polar surface area (TPSA) is 32.7 Å². The zero-order valence-corrected chi connectivity index (χ0v) is 12.1. The van der Waals surface area contributed by atoms with Crippen molar-refractivity contribution in [2.45, 2.75) is 25.5 Å². The number of halogens is 1. The van der Waals surface area contributed by atoms with Crippen molar-refractivity contribution in [3.63, 3.8) is 0 Å². The van der Waals surface area contributed by atoms with Crippen molar-refractivity contribution in [2.24, 2.45) is 0 Å². The summed E-state index contributed by atoms with van der Waals surface area (Å²) in [6, 6.07) is 6.45. The highest BCUT2D eigenvalue weighted by atomic mass is 19.1. The van der Waals surface area contributed by atoms with Crippen LogP contribution in [0, 0.1) is 5.82 Å². The van der Waals surface area contributed by atoms with Gasteiger partial charge >= 0.3 is 0 Å². The molecule has 0 aliphatic rings. The zero-order valence-electron chi connectivity index (χ0n) is 12.1. The summed E-state index contributed by atoms with van der Waals surface area (Å²) in [5, 5.41) is 9.98. The van der Waals surface area contributed by atoms with E-state index in [1.54, 1.807) is 19.2 Å². The number of rotatable bonds is 10. The molecule has 0 saturated carbocycles. The number of allylic oxidation sites excluding steroid dienone is 1. The SMILES string of the molecule is C=CCC[C@H](O)CN(CCOC)Cc1ccc(F)cc1. The third-order valence-corrected chi connectivity index (χ3v) is 3.10. The summed E-state index contributed by atoms with van der Waals surface area (Å²) >= 11 is 0. The van der Waals surface area contributed by atoms with Gasteiger partial charge in [-0.05, 0) is 30.5 Å². The molecule has 0 aliphatic heterocycles. The lowest BCUT2D eigenvalue weighted by atomic mass is 10.1. The van der Waals surface area contributed by atoms with E-state index in [0.29, 0.717) is 26.1 Å². The Morgan fingerprint density at radius 3 is 2.70 bits per heavy atom. The Labute approximate surface area is 120 Å². The fraction of sp³-hybridized carbons (Fsp3) is 0.500. The second kappa shape index (κ2) is 9.64. The minimum Gasteiger partial charge on any atom is -0.392 e. The average molecular weight is 281 g/mol. The summed E-state index contributed by atoms with van der Waals surface area (Å²) in [7, 11) is 1.66. The van der Waals surface area contributed by atoms with Crippen LogP contribution in [0.1, 0.15) is 18.4 Å². The molecule has 112 valence electrons. The van der Waals surface area contributed by atoms with Gasteiger partial charge in [0.15, 0.2) is 0 Å². The summed E-state index contributed by atoms with van der Waals surface area (Å²) in [6.07, 6.45) is 2.93. The van der Waals surface area contributed by atoms with Crippen molar-refractivity contribution < 1.29 is 14.2 Å². The molecule has 0 spiro atoms. The highest BCUT2D eigenvalue weighted by molar-refractivity contribution is 5.15. The minimum absolute atomic E-state index is 0.233. The smallest absolute Gasteiger partial charge is 0.123 e. The van der Waals surface area contributed by atoms with Crippen LogP contribution in [0.5, 0.6) is 0 Å². The van der Waals surface area contributed by atoms with Gasteiger partial charge in [0.25, 0.3) is 0 Å². The average Bonchev–Trinajstić information content (AvgIpc) is 2.45. The van der Waals surface area contributed by atoms with E-state index < -0.39 is 0 Å². The molecule has 1 aromatic rings. The van der Waals surface area contributed by atoms with Gasteiger partial charge in [-0.2, -0.15) is 0 Å². The molecule has 0 amide bonds. The van der Waals surface area contributed by atoms with Crippen LogP contribution < -0.4 is 0 Å². The quantitative estimate of drug-likeness (QED) is 0.669.